The van der Waals surface area contributed by atoms with Gasteiger partial charge in [-0.25, -0.2) is 12.7 Å². The molecule has 0 radical (unpaired) electrons. The Hall–Kier alpha value is -1.11. The van der Waals surface area contributed by atoms with Crippen LogP contribution < -0.4 is 4.74 Å². The maximum absolute atomic E-state index is 11.5. The minimum atomic E-state index is -3.18. The Labute approximate surface area is 113 Å². The van der Waals surface area contributed by atoms with Crippen LogP contribution in [0.15, 0.2) is 24.3 Å². The number of sulfonamides is 1. The second kappa shape index (κ2) is 5.11. The molecule has 1 aromatic rings. The van der Waals surface area contributed by atoms with Gasteiger partial charge in [0.05, 0.1) is 19.0 Å². The molecule has 0 saturated carbocycles. The number of aliphatic hydroxyl groups is 1. The fourth-order valence-corrected chi connectivity index (χ4v) is 3.33. The first-order valence-corrected chi connectivity index (χ1v) is 8.03. The summed E-state index contributed by atoms with van der Waals surface area (Å²) in [5, 5.41) is 10.7. The fraction of sp³-hybridized carbons (Fsp3) is 0.538. The van der Waals surface area contributed by atoms with E-state index in [1.807, 2.05) is 18.2 Å². The summed E-state index contributed by atoms with van der Waals surface area (Å²) in [4.78, 5) is 0. The van der Waals surface area contributed by atoms with Crippen LogP contribution in [0.25, 0.3) is 0 Å². The van der Waals surface area contributed by atoms with Gasteiger partial charge in [-0.3, -0.25) is 0 Å². The number of methoxy groups -OCH3 is 1. The van der Waals surface area contributed by atoms with Crippen LogP contribution in [0.3, 0.4) is 0 Å². The number of rotatable bonds is 3. The molecule has 0 unspecified atom stereocenters. The van der Waals surface area contributed by atoms with E-state index in [-0.39, 0.29) is 0 Å². The highest BCUT2D eigenvalue weighted by Crippen LogP contribution is 2.38. The highest BCUT2D eigenvalue weighted by Gasteiger charge is 2.38. The smallest absolute Gasteiger partial charge is 0.211 e. The van der Waals surface area contributed by atoms with Crippen LogP contribution in [0.2, 0.25) is 0 Å². The quantitative estimate of drug-likeness (QED) is 0.897. The molecule has 6 heteroatoms. The van der Waals surface area contributed by atoms with Crippen molar-refractivity contribution < 1.29 is 18.3 Å². The lowest BCUT2D eigenvalue weighted by Crippen LogP contribution is -2.44. The van der Waals surface area contributed by atoms with Gasteiger partial charge in [-0.1, -0.05) is 18.2 Å². The molecule has 1 fully saturated rings. The molecule has 0 spiro atoms. The fourth-order valence-electron chi connectivity index (χ4n) is 2.49. The number of para-hydroxylation sites is 1. The van der Waals surface area contributed by atoms with E-state index in [2.05, 4.69) is 0 Å². The van der Waals surface area contributed by atoms with Crippen LogP contribution in [0, 0.1) is 0 Å². The van der Waals surface area contributed by atoms with Crippen molar-refractivity contribution in [2.24, 2.45) is 0 Å². The molecular weight excluding hydrogens is 266 g/mol. The second-order valence-corrected chi connectivity index (χ2v) is 6.88. The van der Waals surface area contributed by atoms with E-state index in [1.54, 1.807) is 13.2 Å². The van der Waals surface area contributed by atoms with Crippen LogP contribution >= 0.6 is 0 Å². The van der Waals surface area contributed by atoms with Gasteiger partial charge in [0, 0.05) is 18.7 Å². The zero-order chi connectivity index (χ0) is 14.1. The third-order valence-electron chi connectivity index (χ3n) is 3.63. The zero-order valence-corrected chi connectivity index (χ0v) is 12.0. The van der Waals surface area contributed by atoms with Gasteiger partial charge in [0.1, 0.15) is 5.75 Å². The van der Waals surface area contributed by atoms with Gasteiger partial charge in [0.15, 0.2) is 0 Å². The molecule has 19 heavy (non-hydrogen) atoms. The minimum Gasteiger partial charge on any atom is -0.496 e. The van der Waals surface area contributed by atoms with Crippen LogP contribution in [0.5, 0.6) is 5.75 Å². The number of benzene rings is 1. The zero-order valence-electron chi connectivity index (χ0n) is 11.2. The number of piperidine rings is 1. The van der Waals surface area contributed by atoms with E-state index < -0.39 is 15.6 Å². The average molecular weight is 285 g/mol. The molecule has 0 atom stereocenters. The lowest BCUT2D eigenvalue weighted by atomic mass is 9.84. The van der Waals surface area contributed by atoms with E-state index in [0.717, 1.165) is 5.56 Å². The van der Waals surface area contributed by atoms with Gasteiger partial charge in [0.2, 0.25) is 10.0 Å². The minimum absolute atomic E-state index is 0.327. The molecule has 1 aliphatic rings. The van der Waals surface area contributed by atoms with Crippen molar-refractivity contribution in [3.63, 3.8) is 0 Å². The van der Waals surface area contributed by atoms with E-state index in [1.165, 1.54) is 10.6 Å². The maximum Gasteiger partial charge on any atom is 0.211 e. The molecule has 0 aromatic heterocycles. The molecule has 1 aromatic carbocycles. The lowest BCUT2D eigenvalue weighted by Gasteiger charge is -2.37. The first kappa shape index (κ1) is 14.3. The Kier molecular flexibility index (Phi) is 3.85. The van der Waals surface area contributed by atoms with Crippen molar-refractivity contribution in [1.82, 2.24) is 4.31 Å². The summed E-state index contributed by atoms with van der Waals surface area (Å²) in [6, 6.07) is 7.32. The molecule has 2 rings (SSSR count). The van der Waals surface area contributed by atoms with Crippen LogP contribution in [0.4, 0.5) is 0 Å². The molecule has 1 saturated heterocycles. The van der Waals surface area contributed by atoms with Crippen molar-refractivity contribution in [1.29, 1.82) is 0 Å². The summed E-state index contributed by atoms with van der Waals surface area (Å²) < 4.78 is 29.6. The third kappa shape index (κ3) is 2.91. The van der Waals surface area contributed by atoms with E-state index in [9.17, 15) is 13.5 Å². The molecule has 0 aliphatic carbocycles. The number of ether oxygens (including phenoxy) is 1. The van der Waals surface area contributed by atoms with Crippen molar-refractivity contribution in [2.75, 3.05) is 26.5 Å². The molecule has 0 bridgehead atoms. The SMILES string of the molecule is COc1ccccc1C1(O)CCN(S(C)(=O)=O)CC1. The van der Waals surface area contributed by atoms with Crippen molar-refractivity contribution >= 4 is 10.0 Å². The highest BCUT2D eigenvalue weighted by atomic mass is 32.2. The van der Waals surface area contributed by atoms with Gasteiger partial charge in [-0.05, 0) is 18.9 Å². The van der Waals surface area contributed by atoms with Crippen LogP contribution in [0.1, 0.15) is 18.4 Å². The Balaban J connectivity index is 2.23. The standard InChI is InChI=1S/C13H19NO4S/c1-18-12-6-4-3-5-11(12)13(15)7-9-14(10-8-13)19(2,16)17/h3-6,15H,7-10H2,1-2H3. The van der Waals surface area contributed by atoms with Crippen molar-refractivity contribution in [3.8, 4) is 5.75 Å². The van der Waals surface area contributed by atoms with Gasteiger partial charge in [-0.2, -0.15) is 0 Å². The monoisotopic (exact) mass is 285 g/mol. The molecule has 1 N–H and O–H groups in total. The Morgan fingerprint density at radius 2 is 1.84 bits per heavy atom. The lowest BCUT2D eigenvalue weighted by molar-refractivity contribution is -0.0113. The summed E-state index contributed by atoms with van der Waals surface area (Å²) in [5.74, 6) is 0.637. The van der Waals surface area contributed by atoms with Crippen molar-refractivity contribution in [3.05, 3.63) is 29.8 Å². The molecular formula is C13H19NO4S. The Bertz CT molecular complexity index is 548. The van der Waals surface area contributed by atoms with Crippen LogP contribution in [-0.2, 0) is 15.6 Å². The second-order valence-electron chi connectivity index (χ2n) is 4.89. The summed E-state index contributed by atoms with van der Waals surface area (Å²) in [6.07, 6.45) is 1.95. The third-order valence-corrected chi connectivity index (χ3v) is 4.93. The molecule has 5 nitrogen and oxygen atoms in total. The first-order valence-electron chi connectivity index (χ1n) is 6.18. The number of hydrogen-bond acceptors (Lipinski definition) is 4. The van der Waals surface area contributed by atoms with E-state index >= 15 is 0 Å². The largest absolute Gasteiger partial charge is 0.496 e. The predicted molar refractivity (Wildman–Crippen MR) is 72.5 cm³/mol. The number of nitrogens with zero attached hydrogens (tertiary/aromatic N) is 1. The van der Waals surface area contributed by atoms with E-state index in [0.29, 0.717) is 31.7 Å². The summed E-state index contributed by atoms with van der Waals surface area (Å²) >= 11 is 0. The molecule has 106 valence electrons. The normalized spacial score (nSPS) is 20.2. The number of hydrogen-bond donors (Lipinski definition) is 1. The molecule has 0 amide bonds. The first-order chi connectivity index (χ1) is 8.87. The van der Waals surface area contributed by atoms with Gasteiger partial charge in [-0.15, -0.1) is 0 Å². The predicted octanol–water partition coefficient (Wildman–Crippen LogP) is 0.938. The van der Waals surface area contributed by atoms with Crippen molar-refractivity contribution in [2.45, 2.75) is 18.4 Å². The highest BCUT2D eigenvalue weighted by molar-refractivity contribution is 7.88. The van der Waals surface area contributed by atoms with Crippen LogP contribution in [-0.4, -0.2) is 44.3 Å². The van der Waals surface area contributed by atoms with Gasteiger partial charge in [0.25, 0.3) is 0 Å². The summed E-state index contributed by atoms with van der Waals surface area (Å²) in [6.45, 7) is 0.654. The van der Waals surface area contributed by atoms with Gasteiger partial charge >= 0.3 is 0 Å². The Morgan fingerprint density at radius 1 is 1.26 bits per heavy atom. The van der Waals surface area contributed by atoms with Gasteiger partial charge < -0.3 is 9.84 Å². The Morgan fingerprint density at radius 3 is 2.37 bits per heavy atom. The molecule has 1 heterocycles. The summed E-state index contributed by atoms with van der Waals surface area (Å²) in [5.41, 5.74) is -0.293. The topological polar surface area (TPSA) is 66.8 Å². The maximum atomic E-state index is 11.5. The molecule has 1 aliphatic heterocycles. The van der Waals surface area contributed by atoms with E-state index in [4.69, 9.17) is 4.74 Å². The summed E-state index contributed by atoms with van der Waals surface area (Å²) in [7, 11) is -1.62. The average Bonchev–Trinajstić information content (AvgIpc) is 2.38.